The molecule has 330 valence electrons. The molecule has 3 heterocycles. The summed E-state index contributed by atoms with van der Waals surface area (Å²) in [6.07, 6.45) is 0. The molecule has 4 heteroatoms. The zero-order chi connectivity index (χ0) is 46.8. The topological polar surface area (TPSA) is 6.48 Å². The first-order valence-corrected chi connectivity index (χ1v) is 26.5. The van der Waals surface area contributed by atoms with Crippen LogP contribution < -0.4 is 46.9 Å². The normalized spacial score (nSPS) is 14.0. The summed E-state index contributed by atoms with van der Waals surface area (Å²) in [5.41, 5.74) is 21.7. The molecule has 10 aromatic carbocycles. The number of anilines is 6. The molecule has 0 atom stereocenters. The van der Waals surface area contributed by atoms with Crippen LogP contribution >= 0.6 is 0 Å². The van der Waals surface area contributed by atoms with Crippen molar-refractivity contribution in [3.63, 3.8) is 0 Å². The fourth-order valence-corrected chi connectivity index (χ4v) is 17.8. The number of benzene rings is 10. The number of fused-ring (bicyclic) bond motifs is 8. The molecule has 0 fully saturated rings. The molecule has 0 amide bonds. The number of hydrogen-bond donors (Lipinski definition) is 0. The van der Waals surface area contributed by atoms with Gasteiger partial charge in [0.1, 0.15) is 0 Å². The molecule has 0 N–H and O–H groups in total. The predicted molar refractivity (Wildman–Crippen MR) is 299 cm³/mol. The maximum atomic E-state index is 2.65. The van der Waals surface area contributed by atoms with Gasteiger partial charge >= 0.3 is 0 Å². The maximum Gasteiger partial charge on any atom is 0.252 e. The van der Waals surface area contributed by atoms with Gasteiger partial charge < -0.3 is 9.80 Å². The van der Waals surface area contributed by atoms with Crippen LogP contribution in [-0.4, -0.2) is 14.8 Å². The van der Waals surface area contributed by atoms with Gasteiger partial charge in [-0.15, -0.1) is 0 Å². The quantitative estimate of drug-likeness (QED) is 0.159. The Bertz CT molecular complexity index is 3630. The molecular weight excluding hydrogens is 848 g/mol. The standard InChI is InChI=1S/C65H53BN2Si/c1-42-34-43(2)63(44(3)35-42)47-38-59-64-60(39-47)68(50-32-30-48(31-33-50)65(4,5)6)57-37-46-21-17-16-20-45(46)36-55(57)66(64)56-40-54-53-28-18-19-29-61(53)69(51-24-12-8-13-25-51,52-26-14-9-15-27-52)62(54)41-58(56)67(59)49-22-10-7-11-23-49/h7-41H,1-6H3. The molecule has 0 bridgehead atoms. The SMILES string of the molecule is Cc1cc(C)c(-c2cc3c4c(c2)N(c2ccc(C(C)(C)C)cc2)c2cc5ccccc5cc2B4c2cc4c(cc2N3c2ccccc2)[Si](c2ccccc2)(c2ccccc2)c2ccccc2-4)c(C)c1. The van der Waals surface area contributed by atoms with E-state index in [1.807, 2.05) is 0 Å². The van der Waals surface area contributed by atoms with Crippen LogP contribution in [0.1, 0.15) is 43.0 Å². The Morgan fingerprint density at radius 3 is 1.54 bits per heavy atom. The third-order valence-electron chi connectivity index (χ3n) is 15.5. The lowest BCUT2D eigenvalue weighted by molar-refractivity contribution is 0.590. The van der Waals surface area contributed by atoms with E-state index in [0.29, 0.717) is 0 Å². The van der Waals surface area contributed by atoms with Crippen molar-refractivity contribution < 1.29 is 0 Å². The Morgan fingerprint density at radius 2 is 0.928 bits per heavy atom. The van der Waals surface area contributed by atoms with E-state index in [-0.39, 0.29) is 12.1 Å². The zero-order valence-corrected chi connectivity index (χ0v) is 41.2. The fourth-order valence-electron chi connectivity index (χ4n) is 12.6. The molecule has 0 radical (unpaired) electrons. The minimum Gasteiger partial charge on any atom is -0.311 e. The summed E-state index contributed by atoms with van der Waals surface area (Å²) in [6, 6.07) is 81.7. The molecule has 0 aliphatic carbocycles. The summed E-state index contributed by atoms with van der Waals surface area (Å²) in [5, 5.41) is 8.20. The first-order chi connectivity index (χ1) is 33.6. The van der Waals surface area contributed by atoms with Crippen molar-refractivity contribution in [2.75, 3.05) is 9.80 Å². The second-order valence-electron chi connectivity index (χ2n) is 20.7. The second kappa shape index (κ2) is 15.4. The minimum absolute atomic E-state index is 0.0272. The molecular formula is C65H53BN2Si. The van der Waals surface area contributed by atoms with E-state index in [4.69, 9.17) is 0 Å². The van der Waals surface area contributed by atoms with Crippen LogP contribution in [0.15, 0.2) is 212 Å². The highest BCUT2D eigenvalue weighted by molar-refractivity contribution is 7.22. The molecule has 10 aromatic rings. The molecule has 0 unspecified atom stereocenters. The molecule has 13 rings (SSSR count). The molecule has 0 spiro atoms. The van der Waals surface area contributed by atoms with Crippen molar-refractivity contribution in [3.8, 4) is 22.3 Å². The number of aryl methyl sites for hydroxylation is 3. The maximum absolute atomic E-state index is 2.84. The summed E-state index contributed by atoms with van der Waals surface area (Å²) in [7, 11) is -2.84. The van der Waals surface area contributed by atoms with Crippen molar-refractivity contribution in [1.29, 1.82) is 0 Å². The van der Waals surface area contributed by atoms with Gasteiger partial charge in [-0.2, -0.15) is 0 Å². The van der Waals surface area contributed by atoms with Crippen LogP contribution in [0.25, 0.3) is 33.0 Å². The largest absolute Gasteiger partial charge is 0.311 e. The Kier molecular flexibility index (Phi) is 9.29. The lowest BCUT2D eigenvalue weighted by atomic mass is 9.33. The molecule has 0 aromatic heterocycles. The number of nitrogens with zero attached hydrogens (tertiary/aromatic N) is 2. The first-order valence-electron chi connectivity index (χ1n) is 24.5. The molecule has 3 aliphatic heterocycles. The van der Waals surface area contributed by atoms with Gasteiger partial charge in [-0.05, 0) is 162 Å². The summed E-state index contributed by atoms with van der Waals surface area (Å²) in [6.45, 7) is 13.7. The van der Waals surface area contributed by atoms with Crippen molar-refractivity contribution in [3.05, 3.63) is 235 Å². The summed E-state index contributed by atoms with van der Waals surface area (Å²) in [5.74, 6) is 0. The minimum atomic E-state index is -2.84. The van der Waals surface area contributed by atoms with Crippen LogP contribution in [0.3, 0.4) is 0 Å². The van der Waals surface area contributed by atoms with E-state index < -0.39 is 8.07 Å². The van der Waals surface area contributed by atoms with Crippen LogP contribution in [0.4, 0.5) is 34.1 Å². The highest BCUT2D eigenvalue weighted by Gasteiger charge is 2.51. The lowest BCUT2D eigenvalue weighted by Crippen LogP contribution is -2.73. The van der Waals surface area contributed by atoms with Crippen LogP contribution in [0, 0.1) is 20.8 Å². The van der Waals surface area contributed by atoms with Crippen LogP contribution in [0.2, 0.25) is 0 Å². The number of rotatable bonds is 5. The third-order valence-corrected chi connectivity index (χ3v) is 20.3. The van der Waals surface area contributed by atoms with E-state index in [9.17, 15) is 0 Å². The molecule has 2 nitrogen and oxygen atoms in total. The number of para-hydroxylation sites is 1. The summed E-state index contributed by atoms with van der Waals surface area (Å²) in [4.78, 5) is 5.21. The van der Waals surface area contributed by atoms with Crippen molar-refractivity contribution in [2.45, 2.75) is 47.0 Å². The molecule has 69 heavy (non-hydrogen) atoms. The average Bonchev–Trinajstić information content (AvgIpc) is 3.65. The Labute approximate surface area is 408 Å². The van der Waals surface area contributed by atoms with Gasteiger partial charge in [-0.3, -0.25) is 0 Å². The van der Waals surface area contributed by atoms with Crippen molar-refractivity contribution >= 4 is 96.8 Å². The van der Waals surface area contributed by atoms with Gasteiger partial charge in [0.25, 0.3) is 6.71 Å². The first kappa shape index (κ1) is 41.5. The monoisotopic (exact) mass is 900 g/mol. The van der Waals surface area contributed by atoms with Gasteiger partial charge in [-0.1, -0.05) is 190 Å². The third kappa shape index (κ3) is 6.18. The van der Waals surface area contributed by atoms with Gasteiger partial charge in [-0.25, -0.2) is 0 Å². The van der Waals surface area contributed by atoms with E-state index in [1.165, 1.54) is 115 Å². The average molecular weight is 901 g/mol. The molecule has 0 saturated carbocycles. The van der Waals surface area contributed by atoms with E-state index in [0.717, 1.165) is 11.4 Å². The smallest absolute Gasteiger partial charge is 0.252 e. The van der Waals surface area contributed by atoms with Crippen LogP contribution in [-0.2, 0) is 5.41 Å². The van der Waals surface area contributed by atoms with E-state index >= 15 is 0 Å². The van der Waals surface area contributed by atoms with Gasteiger partial charge in [0, 0.05) is 34.1 Å². The Morgan fingerprint density at radius 1 is 0.420 bits per heavy atom. The molecule has 3 aliphatic rings. The second-order valence-corrected chi connectivity index (χ2v) is 24.4. The summed E-state index contributed by atoms with van der Waals surface area (Å²) < 4.78 is 0. The van der Waals surface area contributed by atoms with Gasteiger partial charge in [0.2, 0.25) is 0 Å². The van der Waals surface area contributed by atoms with Gasteiger partial charge in [0.05, 0.1) is 0 Å². The molecule has 0 saturated heterocycles. The Hall–Kier alpha value is -7.66. The summed E-state index contributed by atoms with van der Waals surface area (Å²) >= 11 is 0. The highest BCUT2D eigenvalue weighted by atomic mass is 28.3. The van der Waals surface area contributed by atoms with Gasteiger partial charge in [0.15, 0.2) is 8.07 Å². The van der Waals surface area contributed by atoms with E-state index in [2.05, 4.69) is 264 Å². The lowest BCUT2D eigenvalue weighted by Gasteiger charge is -2.45. The zero-order valence-electron chi connectivity index (χ0n) is 40.2. The fraction of sp³-hybridized carbons (Fsp3) is 0.108. The van der Waals surface area contributed by atoms with Crippen LogP contribution in [0.5, 0.6) is 0 Å². The Balaban J connectivity index is 1.19. The van der Waals surface area contributed by atoms with E-state index in [1.54, 1.807) is 0 Å². The predicted octanol–water partition coefficient (Wildman–Crippen LogP) is 12.2. The van der Waals surface area contributed by atoms with Crippen molar-refractivity contribution in [1.82, 2.24) is 0 Å². The number of hydrogen-bond acceptors (Lipinski definition) is 2. The highest BCUT2D eigenvalue weighted by Crippen LogP contribution is 2.48. The van der Waals surface area contributed by atoms with Crippen molar-refractivity contribution in [2.24, 2.45) is 0 Å².